The zero-order valence-electron chi connectivity index (χ0n) is 7.77. The van der Waals surface area contributed by atoms with Gasteiger partial charge in [0.25, 0.3) is 0 Å². The van der Waals surface area contributed by atoms with Crippen molar-refractivity contribution in [1.82, 2.24) is 4.98 Å². The third kappa shape index (κ3) is 1.47. The van der Waals surface area contributed by atoms with E-state index in [1.54, 1.807) is 6.92 Å². The van der Waals surface area contributed by atoms with Crippen molar-refractivity contribution in [3.8, 4) is 0 Å². The largest absolute Gasteiger partial charge is 0.478 e. The van der Waals surface area contributed by atoms with Crippen molar-refractivity contribution < 1.29 is 14.3 Å². The van der Waals surface area contributed by atoms with Crippen LogP contribution in [0.2, 0.25) is 5.02 Å². The van der Waals surface area contributed by atoms with Gasteiger partial charge in [0.15, 0.2) is 0 Å². The van der Waals surface area contributed by atoms with Crippen molar-refractivity contribution in [2.75, 3.05) is 0 Å². The van der Waals surface area contributed by atoms with E-state index in [1.807, 2.05) is 0 Å². The van der Waals surface area contributed by atoms with Gasteiger partial charge in [0.1, 0.15) is 5.82 Å². The van der Waals surface area contributed by atoms with Crippen LogP contribution in [0.1, 0.15) is 16.1 Å². The number of H-pyrrole nitrogens is 1. The second kappa shape index (κ2) is 3.24. The third-order valence-electron chi connectivity index (χ3n) is 2.23. The van der Waals surface area contributed by atoms with Gasteiger partial charge in [-0.2, -0.15) is 0 Å². The number of rotatable bonds is 1. The molecule has 0 saturated carbocycles. The number of halogens is 2. The Balaban J connectivity index is 2.93. The van der Waals surface area contributed by atoms with E-state index in [1.165, 1.54) is 6.07 Å². The maximum Gasteiger partial charge on any atom is 0.338 e. The molecule has 0 saturated heterocycles. The number of aromatic carboxylic acids is 1. The first-order valence-electron chi connectivity index (χ1n) is 4.21. The summed E-state index contributed by atoms with van der Waals surface area (Å²) in [5.41, 5.74) is 0.652. The first-order valence-corrected chi connectivity index (χ1v) is 4.59. The number of fused-ring (bicyclic) bond motifs is 1. The number of carboxylic acids is 1. The van der Waals surface area contributed by atoms with Gasteiger partial charge in [0.05, 0.1) is 11.1 Å². The predicted molar refractivity (Wildman–Crippen MR) is 55.0 cm³/mol. The molecule has 0 aliphatic heterocycles. The Morgan fingerprint density at radius 1 is 1.53 bits per heavy atom. The molecular formula is C10H7ClFNO2. The van der Waals surface area contributed by atoms with Crippen molar-refractivity contribution >= 4 is 28.5 Å². The van der Waals surface area contributed by atoms with E-state index < -0.39 is 11.8 Å². The van der Waals surface area contributed by atoms with Crippen LogP contribution in [0.5, 0.6) is 0 Å². The van der Waals surface area contributed by atoms with Crippen molar-refractivity contribution in [1.29, 1.82) is 0 Å². The van der Waals surface area contributed by atoms with E-state index >= 15 is 0 Å². The molecular weight excluding hydrogens is 221 g/mol. The molecule has 5 heteroatoms. The van der Waals surface area contributed by atoms with E-state index in [9.17, 15) is 9.18 Å². The van der Waals surface area contributed by atoms with E-state index in [-0.39, 0.29) is 16.1 Å². The normalized spacial score (nSPS) is 10.9. The predicted octanol–water partition coefficient (Wildman–Crippen LogP) is 2.97. The van der Waals surface area contributed by atoms with Crippen LogP contribution >= 0.6 is 11.6 Å². The van der Waals surface area contributed by atoms with Crippen LogP contribution in [-0.2, 0) is 0 Å². The highest BCUT2D eigenvalue weighted by Crippen LogP contribution is 2.27. The summed E-state index contributed by atoms with van der Waals surface area (Å²) < 4.78 is 13.4. The molecule has 0 aliphatic rings. The SMILES string of the molecule is Cc1[nH]c2c(F)cc(Cl)cc2c1C(=O)O. The molecule has 0 atom stereocenters. The maximum atomic E-state index is 13.4. The number of carboxylic acid groups (broad SMARTS) is 1. The van der Waals surface area contributed by atoms with E-state index in [0.717, 1.165) is 6.07 Å². The molecule has 15 heavy (non-hydrogen) atoms. The van der Waals surface area contributed by atoms with E-state index in [0.29, 0.717) is 11.1 Å². The number of aromatic amines is 1. The molecule has 0 bridgehead atoms. The molecule has 0 unspecified atom stereocenters. The van der Waals surface area contributed by atoms with Gasteiger partial charge in [0.2, 0.25) is 0 Å². The fourth-order valence-corrected chi connectivity index (χ4v) is 1.83. The molecule has 0 spiro atoms. The van der Waals surface area contributed by atoms with Gasteiger partial charge in [-0.3, -0.25) is 0 Å². The summed E-state index contributed by atoms with van der Waals surface area (Å²) in [6.45, 7) is 1.58. The van der Waals surface area contributed by atoms with Gasteiger partial charge in [0, 0.05) is 16.1 Å². The fourth-order valence-electron chi connectivity index (χ4n) is 1.63. The van der Waals surface area contributed by atoms with Gasteiger partial charge < -0.3 is 10.1 Å². The van der Waals surface area contributed by atoms with Crippen molar-refractivity contribution in [3.05, 3.63) is 34.2 Å². The molecule has 1 aromatic heterocycles. The second-order valence-electron chi connectivity index (χ2n) is 3.24. The highest BCUT2D eigenvalue weighted by molar-refractivity contribution is 6.31. The number of hydrogen-bond donors (Lipinski definition) is 2. The number of aromatic nitrogens is 1. The first-order chi connectivity index (χ1) is 7.00. The zero-order valence-corrected chi connectivity index (χ0v) is 8.52. The summed E-state index contributed by atoms with van der Waals surface area (Å²) in [5, 5.41) is 9.43. The minimum Gasteiger partial charge on any atom is -0.478 e. The molecule has 0 fully saturated rings. The minimum atomic E-state index is -1.10. The topological polar surface area (TPSA) is 53.1 Å². The number of benzene rings is 1. The standard InChI is InChI=1S/C10H7ClFNO2/c1-4-8(10(14)15)6-2-5(11)3-7(12)9(6)13-4/h2-3,13H,1H3,(H,14,15). The van der Waals surface area contributed by atoms with Crippen LogP contribution in [0.3, 0.4) is 0 Å². The molecule has 0 aliphatic carbocycles. The fraction of sp³-hybridized carbons (Fsp3) is 0.100. The first kappa shape index (κ1) is 9.98. The summed E-state index contributed by atoms with van der Waals surface area (Å²) in [5.74, 6) is -1.64. The van der Waals surface area contributed by atoms with Crippen molar-refractivity contribution in [3.63, 3.8) is 0 Å². The van der Waals surface area contributed by atoms with Crippen LogP contribution in [-0.4, -0.2) is 16.1 Å². The number of aryl methyl sites for hydroxylation is 1. The number of carbonyl (C=O) groups is 1. The Morgan fingerprint density at radius 2 is 2.20 bits per heavy atom. The molecule has 1 aromatic carbocycles. The zero-order chi connectivity index (χ0) is 11.2. The summed E-state index contributed by atoms with van der Waals surface area (Å²) in [4.78, 5) is 13.6. The lowest BCUT2D eigenvalue weighted by atomic mass is 10.1. The minimum absolute atomic E-state index is 0.0615. The highest BCUT2D eigenvalue weighted by Gasteiger charge is 2.17. The van der Waals surface area contributed by atoms with Crippen LogP contribution in [0, 0.1) is 12.7 Å². The smallest absolute Gasteiger partial charge is 0.338 e. The molecule has 3 nitrogen and oxygen atoms in total. The number of nitrogens with one attached hydrogen (secondary N) is 1. The quantitative estimate of drug-likeness (QED) is 0.787. The number of hydrogen-bond acceptors (Lipinski definition) is 1. The second-order valence-corrected chi connectivity index (χ2v) is 3.68. The van der Waals surface area contributed by atoms with Gasteiger partial charge in [-0.15, -0.1) is 0 Å². The summed E-state index contributed by atoms with van der Waals surface area (Å²) in [6, 6.07) is 2.58. The molecule has 78 valence electrons. The molecule has 0 amide bonds. The molecule has 0 radical (unpaired) electrons. The molecule has 1 heterocycles. The Bertz CT molecular complexity index is 562. The molecule has 2 N–H and O–H groups in total. The molecule has 2 aromatic rings. The van der Waals surface area contributed by atoms with E-state index in [4.69, 9.17) is 16.7 Å². The summed E-state index contributed by atoms with van der Waals surface area (Å²) >= 11 is 5.66. The van der Waals surface area contributed by atoms with Crippen molar-refractivity contribution in [2.24, 2.45) is 0 Å². The average molecular weight is 228 g/mol. The third-order valence-corrected chi connectivity index (χ3v) is 2.44. The van der Waals surface area contributed by atoms with Gasteiger partial charge in [-0.1, -0.05) is 11.6 Å². The lowest BCUT2D eigenvalue weighted by Crippen LogP contribution is -1.96. The van der Waals surface area contributed by atoms with Gasteiger partial charge >= 0.3 is 5.97 Å². The van der Waals surface area contributed by atoms with E-state index in [2.05, 4.69) is 4.98 Å². The monoisotopic (exact) mass is 227 g/mol. The van der Waals surface area contributed by atoms with Crippen molar-refractivity contribution in [2.45, 2.75) is 6.92 Å². The Hall–Kier alpha value is -1.55. The Labute approximate surface area is 89.5 Å². The lowest BCUT2D eigenvalue weighted by molar-refractivity contribution is 0.0698. The van der Waals surface area contributed by atoms with Crippen LogP contribution in [0.25, 0.3) is 10.9 Å². The molecule has 2 rings (SSSR count). The van der Waals surface area contributed by atoms with Gasteiger partial charge in [-0.25, -0.2) is 9.18 Å². The maximum absolute atomic E-state index is 13.4. The van der Waals surface area contributed by atoms with Gasteiger partial charge in [-0.05, 0) is 19.1 Å². The van der Waals surface area contributed by atoms with Crippen LogP contribution in [0.4, 0.5) is 4.39 Å². The van der Waals surface area contributed by atoms with Crippen LogP contribution in [0.15, 0.2) is 12.1 Å². The summed E-state index contributed by atoms with van der Waals surface area (Å²) in [6.07, 6.45) is 0. The Morgan fingerprint density at radius 3 is 2.80 bits per heavy atom. The highest BCUT2D eigenvalue weighted by atomic mass is 35.5. The van der Waals surface area contributed by atoms with Crippen LogP contribution < -0.4 is 0 Å². The lowest BCUT2D eigenvalue weighted by Gasteiger charge is -1.95. The Kier molecular flexibility index (Phi) is 2.16. The summed E-state index contributed by atoms with van der Waals surface area (Å²) in [7, 11) is 0. The average Bonchev–Trinajstić information content (AvgIpc) is 2.41.